The number of aryl methyl sites for hydroxylation is 2. The third-order valence-electron chi connectivity index (χ3n) is 5.97. The Kier molecular flexibility index (Phi) is 7.08. The van der Waals surface area contributed by atoms with E-state index in [4.69, 9.17) is 4.74 Å². The molecule has 0 fully saturated rings. The van der Waals surface area contributed by atoms with Crippen LogP contribution in [0.5, 0.6) is 5.75 Å². The van der Waals surface area contributed by atoms with E-state index in [0.29, 0.717) is 24.3 Å². The number of benzene rings is 3. The lowest BCUT2D eigenvalue weighted by Crippen LogP contribution is -2.41. The molecule has 3 aromatic carbocycles. The van der Waals surface area contributed by atoms with E-state index in [1.807, 2.05) is 68.4 Å². The van der Waals surface area contributed by atoms with Crippen molar-refractivity contribution in [2.75, 3.05) is 11.9 Å². The van der Waals surface area contributed by atoms with Crippen molar-refractivity contribution < 1.29 is 14.3 Å². The van der Waals surface area contributed by atoms with Gasteiger partial charge in [0.2, 0.25) is 5.91 Å². The van der Waals surface area contributed by atoms with Crippen molar-refractivity contribution in [1.29, 1.82) is 0 Å². The van der Waals surface area contributed by atoms with Gasteiger partial charge in [0.1, 0.15) is 12.4 Å². The van der Waals surface area contributed by atoms with Crippen LogP contribution < -0.4 is 15.4 Å². The van der Waals surface area contributed by atoms with Crippen LogP contribution in [-0.2, 0) is 17.6 Å². The number of amides is 2. The summed E-state index contributed by atoms with van der Waals surface area (Å²) in [5.41, 5.74) is 4.55. The molecular weight excluding hydrogens is 412 g/mol. The Hall–Kier alpha value is -3.60. The first-order chi connectivity index (χ1) is 16.0. The van der Waals surface area contributed by atoms with Crippen molar-refractivity contribution >= 4 is 17.5 Å². The molecule has 2 amide bonds. The van der Waals surface area contributed by atoms with E-state index < -0.39 is 0 Å². The van der Waals surface area contributed by atoms with Gasteiger partial charge in [-0.15, -0.1) is 0 Å². The van der Waals surface area contributed by atoms with Gasteiger partial charge in [-0.2, -0.15) is 0 Å². The minimum Gasteiger partial charge on any atom is -0.492 e. The topological polar surface area (TPSA) is 67.4 Å². The van der Waals surface area contributed by atoms with Crippen molar-refractivity contribution in [1.82, 2.24) is 5.32 Å². The highest BCUT2D eigenvalue weighted by Gasteiger charge is 2.27. The summed E-state index contributed by atoms with van der Waals surface area (Å²) < 4.78 is 5.85. The lowest BCUT2D eigenvalue weighted by molar-refractivity contribution is -0.126. The predicted octanol–water partition coefficient (Wildman–Crippen LogP) is 4.94. The molecule has 0 spiro atoms. The first kappa shape index (κ1) is 22.6. The van der Waals surface area contributed by atoms with Crippen molar-refractivity contribution in [2.24, 2.45) is 5.92 Å². The van der Waals surface area contributed by atoms with Crippen molar-refractivity contribution in [3.63, 3.8) is 0 Å². The van der Waals surface area contributed by atoms with Gasteiger partial charge in [-0.1, -0.05) is 48.0 Å². The molecule has 5 heteroatoms. The fourth-order valence-corrected chi connectivity index (χ4v) is 4.09. The maximum atomic E-state index is 12.8. The fourth-order valence-electron chi connectivity index (χ4n) is 4.09. The Balaban J connectivity index is 1.34. The highest BCUT2D eigenvalue weighted by molar-refractivity contribution is 6.04. The van der Waals surface area contributed by atoms with Gasteiger partial charge >= 0.3 is 0 Å². The summed E-state index contributed by atoms with van der Waals surface area (Å²) >= 11 is 0. The molecule has 3 aromatic rings. The summed E-state index contributed by atoms with van der Waals surface area (Å²) in [5, 5.41) is 6.08. The number of rotatable bonds is 7. The maximum absolute atomic E-state index is 12.8. The second-order valence-electron chi connectivity index (χ2n) is 8.79. The van der Waals surface area contributed by atoms with Gasteiger partial charge in [-0.3, -0.25) is 9.59 Å². The smallest absolute Gasteiger partial charge is 0.255 e. The van der Waals surface area contributed by atoms with E-state index in [2.05, 4.69) is 22.8 Å². The minimum atomic E-state index is -0.251. The van der Waals surface area contributed by atoms with Gasteiger partial charge in [0, 0.05) is 17.3 Å². The Morgan fingerprint density at radius 2 is 1.85 bits per heavy atom. The summed E-state index contributed by atoms with van der Waals surface area (Å²) in [4.78, 5) is 25.4. The lowest BCUT2D eigenvalue weighted by Gasteiger charge is -2.26. The Morgan fingerprint density at radius 3 is 2.64 bits per heavy atom. The third kappa shape index (κ3) is 6.01. The minimum absolute atomic E-state index is 0.00964. The molecule has 0 bridgehead atoms. The molecule has 1 aliphatic rings. The van der Waals surface area contributed by atoms with E-state index in [9.17, 15) is 9.59 Å². The van der Waals surface area contributed by atoms with Crippen LogP contribution >= 0.6 is 0 Å². The first-order valence-electron chi connectivity index (χ1n) is 11.5. The summed E-state index contributed by atoms with van der Waals surface area (Å²) in [6.07, 6.45) is 2.39. The number of fused-ring (bicyclic) bond motifs is 1. The van der Waals surface area contributed by atoms with Gasteiger partial charge in [0.25, 0.3) is 5.91 Å². The maximum Gasteiger partial charge on any atom is 0.255 e. The van der Waals surface area contributed by atoms with Crippen molar-refractivity contribution in [3.8, 4) is 5.75 Å². The standard InChI is InChI=1S/C28H30N2O3/c1-19-7-6-10-22(15-19)27(31)30-25-13-14-26-23(17-25)16-24(18-33-26)28(32)29-20(2)11-12-21-8-4-3-5-9-21/h3-10,13-15,17,20,24H,11-12,16,18H2,1-2H3,(H,29,32)(H,30,31)/t20-,24+/m0/s1. The molecular formula is C28H30N2O3. The monoisotopic (exact) mass is 442 g/mol. The van der Waals surface area contributed by atoms with E-state index >= 15 is 0 Å². The predicted molar refractivity (Wildman–Crippen MR) is 131 cm³/mol. The van der Waals surface area contributed by atoms with Crippen LogP contribution in [0.25, 0.3) is 0 Å². The highest BCUT2D eigenvalue weighted by Crippen LogP contribution is 2.30. The molecule has 0 saturated carbocycles. The molecule has 0 unspecified atom stereocenters. The number of anilines is 1. The first-order valence-corrected chi connectivity index (χ1v) is 11.5. The number of ether oxygens (including phenoxy) is 1. The van der Waals surface area contributed by atoms with Crippen LogP contribution in [0.3, 0.4) is 0 Å². The molecule has 2 N–H and O–H groups in total. The quantitative estimate of drug-likeness (QED) is 0.545. The van der Waals surface area contributed by atoms with Crippen LogP contribution in [-0.4, -0.2) is 24.5 Å². The second kappa shape index (κ2) is 10.3. The molecule has 33 heavy (non-hydrogen) atoms. The normalized spacial score (nSPS) is 15.6. The van der Waals surface area contributed by atoms with Crippen LogP contribution in [0.15, 0.2) is 72.8 Å². The molecule has 0 saturated heterocycles. The number of carbonyl (C=O) groups excluding carboxylic acids is 2. The van der Waals surface area contributed by atoms with E-state index in [1.54, 1.807) is 6.07 Å². The average Bonchev–Trinajstić information content (AvgIpc) is 2.83. The summed E-state index contributed by atoms with van der Waals surface area (Å²) in [6.45, 7) is 4.36. The SMILES string of the molecule is Cc1cccc(C(=O)Nc2ccc3c(c2)C[C@@H](C(=O)N[C@@H](C)CCc2ccccc2)CO3)c1. The van der Waals surface area contributed by atoms with Crippen molar-refractivity contribution in [3.05, 3.63) is 95.1 Å². The second-order valence-corrected chi connectivity index (χ2v) is 8.79. The summed E-state index contributed by atoms with van der Waals surface area (Å²) in [7, 11) is 0. The summed E-state index contributed by atoms with van der Waals surface area (Å²) in [5.74, 6) is 0.372. The van der Waals surface area contributed by atoms with Crippen LogP contribution in [0.2, 0.25) is 0 Å². The molecule has 0 radical (unpaired) electrons. The Bertz CT molecular complexity index is 1130. The largest absolute Gasteiger partial charge is 0.492 e. The van der Waals surface area contributed by atoms with Gasteiger partial charge in [0.05, 0.1) is 5.92 Å². The summed E-state index contributed by atoms with van der Waals surface area (Å²) in [6, 6.07) is 23.5. The average molecular weight is 443 g/mol. The van der Waals surface area contributed by atoms with Crippen LogP contribution in [0.1, 0.15) is 40.4 Å². The van der Waals surface area contributed by atoms with Gasteiger partial charge in [-0.05, 0) is 74.6 Å². The fraction of sp³-hybridized carbons (Fsp3) is 0.286. The van der Waals surface area contributed by atoms with E-state index in [0.717, 1.165) is 29.7 Å². The molecule has 0 aliphatic carbocycles. The third-order valence-corrected chi connectivity index (χ3v) is 5.97. The number of hydrogen-bond acceptors (Lipinski definition) is 3. The highest BCUT2D eigenvalue weighted by atomic mass is 16.5. The van der Waals surface area contributed by atoms with Crippen LogP contribution in [0, 0.1) is 12.8 Å². The molecule has 4 rings (SSSR count). The zero-order chi connectivity index (χ0) is 23.2. The Morgan fingerprint density at radius 1 is 1.03 bits per heavy atom. The molecule has 2 atom stereocenters. The zero-order valence-corrected chi connectivity index (χ0v) is 19.1. The molecule has 1 heterocycles. The van der Waals surface area contributed by atoms with Crippen molar-refractivity contribution in [2.45, 2.75) is 39.2 Å². The molecule has 1 aliphatic heterocycles. The van der Waals surface area contributed by atoms with Crippen LogP contribution in [0.4, 0.5) is 5.69 Å². The van der Waals surface area contributed by atoms with Gasteiger partial charge < -0.3 is 15.4 Å². The molecule has 5 nitrogen and oxygen atoms in total. The van der Waals surface area contributed by atoms with Gasteiger partial charge in [-0.25, -0.2) is 0 Å². The van der Waals surface area contributed by atoms with Gasteiger partial charge in [0.15, 0.2) is 0 Å². The number of nitrogens with one attached hydrogen (secondary N) is 2. The van der Waals surface area contributed by atoms with E-state index in [1.165, 1.54) is 5.56 Å². The lowest BCUT2D eigenvalue weighted by atomic mass is 9.95. The Labute approximate surface area is 195 Å². The van der Waals surface area contributed by atoms with E-state index in [-0.39, 0.29) is 23.8 Å². The molecule has 0 aromatic heterocycles. The molecule has 170 valence electrons. The number of carbonyl (C=O) groups is 2. The zero-order valence-electron chi connectivity index (χ0n) is 19.1. The number of hydrogen-bond donors (Lipinski definition) is 2.